The van der Waals surface area contributed by atoms with E-state index in [1.165, 1.54) is 0 Å². The number of fused-ring (bicyclic) bond motifs is 1. The van der Waals surface area contributed by atoms with Crippen LogP contribution >= 0.6 is 0 Å². The molecule has 0 amide bonds. The molecule has 0 bridgehead atoms. The molecule has 0 aliphatic heterocycles. The molecule has 0 spiro atoms. The monoisotopic (exact) mass is 262 g/mol. The number of furan rings is 1. The zero-order valence-electron chi connectivity index (χ0n) is 11.3. The van der Waals surface area contributed by atoms with Gasteiger partial charge in [0, 0.05) is 36.2 Å². The Kier molecular flexibility index (Phi) is 4.96. The van der Waals surface area contributed by atoms with E-state index in [2.05, 4.69) is 18.3 Å². The molecular weight excluding hydrogens is 240 g/mol. The predicted octanol–water partition coefficient (Wildman–Crippen LogP) is 2.18. The van der Waals surface area contributed by atoms with Gasteiger partial charge in [-0.25, -0.2) is 0 Å². The normalized spacial score (nSPS) is 14.7. The van der Waals surface area contributed by atoms with E-state index in [0.717, 1.165) is 29.4 Å². The Labute approximate surface area is 113 Å². The maximum atomic E-state index is 8.86. The maximum absolute atomic E-state index is 8.86. The van der Waals surface area contributed by atoms with Crippen LogP contribution in [0.15, 0.2) is 34.9 Å². The summed E-state index contributed by atoms with van der Waals surface area (Å²) >= 11 is 0. The topological polar surface area (TPSA) is 71.4 Å². The van der Waals surface area contributed by atoms with Crippen LogP contribution in [0.3, 0.4) is 0 Å². The highest BCUT2D eigenvalue weighted by atomic mass is 16.3. The molecule has 2 unspecified atom stereocenters. The average Bonchev–Trinajstić information content (AvgIpc) is 2.86. The van der Waals surface area contributed by atoms with Gasteiger partial charge in [-0.15, -0.1) is 0 Å². The number of nitrogens with two attached hydrogens (primary N) is 1. The molecule has 0 aliphatic rings. The summed E-state index contributed by atoms with van der Waals surface area (Å²) in [6, 6.07) is 8.37. The second-order valence-electron chi connectivity index (χ2n) is 4.91. The van der Waals surface area contributed by atoms with Gasteiger partial charge in [-0.2, -0.15) is 0 Å². The summed E-state index contributed by atoms with van der Waals surface area (Å²) < 4.78 is 5.56. The minimum absolute atomic E-state index is 0.0809. The Hall–Kier alpha value is -1.36. The number of para-hydroxylation sites is 1. The lowest BCUT2D eigenvalue weighted by atomic mass is 10.0. The summed E-state index contributed by atoms with van der Waals surface area (Å²) in [5.41, 5.74) is 7.87. The van der Waals surface area contributed by atoms with Crippen molar-refractivity contribution in [2.75, 3.05) is 13.2 Å². The number of hydrogen-bond acceptors (Lipinski definition) is 4. The molecule has 4 N–H and O–H groups in total. The van der Waals surface area contributed by atoms with Crippen LogP contribution < -0.4 is 11.1 Å². The van der Waals surface area contributed by atoms with Gasteiger partial charge in [0.05, 0.1) is 6.26 Å². The van der Waals surface area contributed by atoms with E-state index in [4.69, 9.17) is 15.3 Å². The van der Waals surface area contributed by atoms with Crippen LogP contribution in [-0.2, 0) is 0 Å². The Morgan fingerprint density at radius 3 is 2.89 bits per heavy atom. The summed E-state index contributed by atoms with van der Waals surface area (Å²) in [7, 11) is 0. The van der Waals surface area contributed by atoms with Gasteiger partial charge in [-0.05, 0) is 25.8 Å². The fourth-order valence-corrected chi connectivity index (χ4v) is 2.38. The van der Waals surface area contributed by atoms with Crippen LogP contribution in [-0.4, -0.2) is 24.3 Å². The van der Waals surface area contributed by atoms with Crippen molar-refractivity contribution in [1.82, 2.24) is 5.32 Å². The van der Waals surface area contributed by atoms with Crippen molar-refractivity contribution in [3.63, 3.8) is 0 Å². The zero-order valence-corrected chi connectivity index (χ0v) is 11.3. The molecule has 0 radical (unpaired) electrons. The van der Waals surface area contributed by atoms with Crippen LogP contribution in [0.5, 0.6) is 0 Å². The largest absolute Gasteiger partial charge is 0.464 e. The number of rotatable bonds is 7. The number of benzene rings is 1. The van der Waals surface area contributed by atoms with Crippen molar-refractivity contribution in [2.45, 2.75) is 31.8 Å². The summed E-state index contributed by atoms with van der Waals surface area (Å²) in [4.78, 5) is 0. The number of aliphatic hydroxyl groups is 1. The van der Waals surface area contributed by atoms with Crippen LogP contribution in [0, 0.1) is 0 Å². The highest BCUT2D eigenvalue weighted by Gasteiger charge is 2.17. The SMILES string of the molecule is CC(CCCO)NC(CN)c1coc2ccccc12. The van der Waals surface area contributed by atoms with Gasteiger partial charge >= 0.3 is 0 Å². The minimum atomic E-state index is 0.0809. The van der Waals surface area contributed by atoms with Crippen molar-refractivity contribution >= 4 is 11.0 Å². The van der Waals surface area contributed by atoms with Gasteiger partial charge < -0.3 is 20.6 Å². The van der Waals surface area contributed by atoms with Crippen LogP contribution in [0.2, 0.25) is 0 Å². The summed E-state index contributed by atoms with van der Waals surface area (Å²) in [6.45, 7) is 2.86. The first-order valence-electron chi connectivity index (χ1n) is 6.79. The third-order valence-electron chi connectivity index (χ3n) is 3.40. The first kappa shape index (κ1) is 14.1. The van der Waals surface area contributed by atoms with E-state index in [1.54, 1.807) is 6.26 Å². The standard InChI is InChI=1S/C15H22N2O2/c1-11(5-4-8-18)17-14(9-16)13-10-19-15-7-3-2-6-12(13)15/h2-3,6-7,10-11,14,17-18H,4-5,8-9,16H2,1H3. The van der Waals surface area contributed by atoms with Crippen molar-refractivity contribution in [1.29, 1.82) is 0 Å². The molecular formula is C15H22N2O2. The minimum Gasteiger partial charge on any atom is -0.464 e. The van der Waals surface area contributed by atoms with E-state index in [1.807, 2.05) is 18.2 Å². The first-order chi connectivity index (χ1) is 9.26. The lowest BCUT2D eigenvalue weighted by Gasteiger charge is -2.21. The van der Waals surface area contributed by atoms with Gasteiger partial charge in [0.15, 0.2) is 0 Å². The zero-order chi connectivity index (χ0) is 13.7. The third kappa shape index (κ3) is 3.35. The van der Waals surface area contributed by atoms with Gasteiger partial charge in [-0.3, -0.25) is 0 Å². The summed E-state index contributed by atoms with van der Waals surface area (Å²) in [6.07, 6.45) is 3.52. The van der Waals surface area contributed by atoms with E-state index in [-0.39, 0.29) is 12.6 Å². The molecule has 0 saturated carbocycles. The number of nitrogens with one attached hydrogen (secondary N) is 1. The Morgan fingerprint density at radius 2 is 2.16 bits per heavy atom. The summed E-state index contributed by atoms with van der Waals surface area (Å²) in [5.74, 6) is 0. The first-order valence-corrected chi connectivity index (χ1v) is 6.79. The highest BCUT2D eigenvalue weighted by molar-refractivity contribution is 5.81. The highest BCUT2D eigenvalue weighted by Crippen LogP contribution is 2.26. The van der Waals surface area contributed by atoms with Crippen molar-refractivity contribution in [3.8, 4) is 0 Å². The van der Waals surface area contributed by atoms with E-state index < -0.39 is 0 Å². The van der Waals surface area contributed by atoms with Crippen LogP contribution in [0.1, 0.15) is 31.4 Å². The summed E-state index contributed by atoms with van der Waals surface area (Å²) in [5, 5.41) is 13.5. The molecule has 0 aliphatic carbocycles. The van der Waals surface area contributed by atoms with Gasteiger partial charge in [-0.1, -0.05) is 18.2 Å². The van der Waals surface area contributed by atoms with E-state index >= 15 is 0 Å². The molecule has 4 heteroatoms. The van der Waals surface area contributed by atoms with E-state index in [9.17, 15) is 0 Å². The van der Waals surface area contributed by atoms with Gasteiger partial charge in [0.25, 0.3) is 0 Å². The second-order valence-corrected chi connectivity index (χ2v) is 4.91. The van der Waals surface area contributed by atoms with Gasteiger partial charge in [0.1, 0.15) is 5.58 Å². The van der Waals surface area contributed by atoms with Crippen molar-refractivity contribution in [3.05, 3.63) is 36.1 Å². The maximum Gasteiger partial charge on any atom is 0.134 e. The lowest BCUT2D eigenvalue weighted by molar-refractivity contribution is 0.274. The quantitative estimate of drug-likeness (QED) is 0.715. The predicted molar refractivity (Wildman–Crippen MR) is 76.9 cm³/mol. The molecule has 0 saturated heterocycles. The number of hydrogen-bond donors (Lipinski definition) is 3. The Morgan fingerprint density at radius 1 is 1.37 bits per heavy atom. The molecule has 4 nitrogen and oxygen atoms in total. The third-order valence-corrected chi connectivity index (χ3v) is 3.40. The Balaban J connectivity index is 2.13. The lowest BCUT2D eigenvalue weighted by Crippen LogP contribution is -2.35. The molecule has 2 aromatic rings. The van der Waals surface area contributed by atoms with Crippen molar-refractivity contribution in [2.24, 2.45) is 5.73 Å². The fraction of sp³-hybridized carbons (Fsp3) is 0.467. The molecule has 2 atom stereocenters. The Bertz CT molecular complexity index is 510. The van der Waals surface area contributed by atoms with Crippen molar-refractivity contribution < 1.29 is 9.52 Å². The van der Waals surface area contributed by atoms with Crippen LogP contribution in [0.4, 0.5) is 0 Å². The smallest absolute Gasteiger partial charge is 0.134 e. The second kappa shape index (κ2) is 6.70. The van der Waals surface area contributed by atoms with Gasteiger partial charge in [0.2, 0.25) is 0 Å². The average molecular weight is 262 g/mol. The fourth-order valence-electron chi connectivity index (χ4n) is 2.38. The van der Waals surface area contributed by atoms with Crippen LogP contribution in [0.25, 0.3) is 11.0 Å². The molecule has 1 aromatic heterocycles. The molecule has 19 heavy (non-hydrogen) atoms. The number of aliphatic hydroxyl groups excluding tert-OH is 1. The molecule has 2 rings (SSSR count). The molecule has 1 aromatic carbocycles. The van der Waals surface area contributed by atoms with E-state index in [0.29, 0.717) is 12.6 Å². The molecule has 1 heterocycles. The molecule has 104 valence electrons. The molecule has 0 fully saturated rings.